The minimum absolute atomic E-state index is 0.288. The molecule has 5 nitrogen and oxygen atoms in total. The van der Waals surface area contributed by atoms with Gasteiger partial charge in [0.05, 0.1) is 0 Å². The van der Waals surface area contributed by atoms with E-state index in [0.29, 0.717) is 19.3 Å². The lowest BCUT2D eigenvalue weighted by molar-refractivity contribution is -0.153. The fraction of sp³-hybridized carbons (Fsp3) is 0.667. The first kappa shape index (κ1) is 8.00. The van der Waals surface area contributed by atoms with Gasteiger partial charge in [-0.3, -0.25) is 9.80 Å². The zero-order valence-corrected chi connectivity index (χ0v) is 5.99. The summed E-state index contributed by atoms with van der Waals surface area (Å²) in [6.07, 6.45) is 1.43. The van der Waals surface area contributed by atoms with E-state index in [1.54, 1.807) is 0 Å². The van der Waals surface area contributed by atoms with Crippen molar-refractivity contribution in [2.24, 2.45) is 5.84 Å². The average molecular weight is 158 g/mol. The zero-order valence-electron chi connectivity index (χ0n) is 5.99. The van der Waals surface area contributed by atoms with E-state index in [4.69, 9.17) is 10.9 Å². The van der Waals surface area contributed by atoms with E-state index in [0.717, 1.165) is 5.01 Å². The lowest BCUT2D eigenvalue weighted by Gasteiger charge is -2.28. The molecule has 0 spiro atoms. The molecular weight excluding hydrogens is 148 g/mol. The molecule has 0 aromatic carbocycles. The van der Waals surface area contributed by atoms with Gasteiger partial charge in [0.1, 0.15) is 6.04 Å². The van der Waals surface area contributed by atoms with Crippen LogP contribution < -0.4 is 5.84 Å². The molecular formula is C6H10N2O3. The molecule has 1 rings (SSSR count). The van der Waals surface area contributed by atoms with Crippen LogP contribution in [0.3, 0.4) is 0 Å². The first-order valence-corrected chi connectivity index (χ1v) is 3.42. The second kappa shape index (κ2) is 2.87. The van der Waals surface area contributed by atoms with Crippen molar-refractivity contribution in [2.75, 3.05) is 0 Å². The highest BCUT2D eigenvalue weighted by Crippen LogP contribution is 2.14. The fourth-order valence-electron chi connectivity index (χ4n) is 1.13. The van der Waals surface area contributed by atoms with E-state index in [1.165, 1.54) is 0 Å². The number of aliphatic carboxylic acids is 1. The maximum atomic E-state index is 10.8. The number of hydrogen-bond acceptors (Lipinski definition) is 3. The number of nitrogens with zero attached hydrogens (tertiary/aromatic N) is 1. The van der Waals surface area contributed by atoms with E-state index in [-0.39, 0.29) is 5.91 Å². The number of amides is 1. The van der Waals surface area contributed by atoms with Gasteiger partial charge in [0.2, 0.25) is 5.91 Å². The van der Waals surface area contributed by atoms with Crippen LogP contribution in [-0.4, -0.2) is 28.0 Å². The van der Waals surface area contributed by atoms with Gasteiger partial charge in [-0.15, -0.1) is 0 Å². The topological polar surface area (TPSA) is 83.6 Å². The number of rotatable bonds is 1. The summed E-state index contributed by atoms with van der Waals surface area (Å²) in [6, 6.07) is -0.823. The molecule has 0 aromatic rings. The number of hydrogen-bond donors (Lipinski definition) is 2. The molecule has 0 bridgehead atoms. The molecule has 1 heterocycles. The Morgan fingerprint density at radius 2 is 2.36 bits per heavy atom. The fourth-order valence-corrected chi connectivity index (χ4v) is 1.13. The highest BCUT2D eigenvalue weighted by atomic mass is 16.4. The molecule has 1 fully saturated rings. The smallest absolute Gasteiger partial charge is 0.328 e. The summed E-state index contributed by atoms with van der Waals surface area (Å²) in [5, 5.41) is 9.36. The van der Waals surface area contributed by atoms with Gasteiger partial charge in [-0.2, -0.15) is 0 Å². The molecule has 11 heavy (non-hydrogen) atoms. The standard InChI is InChI=1S/C6H10N2O3/c7-8-4(6(10)11)2-1-3-5(8)9/h4H,1-3,7H2,(H,10,11). The third kappa shape index (κ3) is 1.48. The summed E-state index contributed by atoms with van der Waals surface area (Å²) in [5.41, 5.74) is 0. The maximum Gasteiger partial charge on any atom is 0.328 e. The zero-order chi connectivity index (χ0) is 8.43. The van der Waals surface area contributed by atoms with Crippen molar-refractivity contribution in [2.45, 2.75) is 25.3 Å². The molecule has 62 valence electrons. The van der Waals surface area contributed by atoms with E-state index in [9.17, 15) is 9.59 Å². The Morgan fingerprint density at radius 3 is 2.82 bits per heavy atom. The molecule has 1 atom stereocenters. The van der Waals surface area contributed by atoms with Crippen molar-refractivity contribution in [3.05, 3.63) is 0 Å². The predicted octanol–water partition coefficient (Wildman–Crippen LogP) is -0.674. The lowest BCUT2D eigenvalue weighted by Crippen LogP contribution is -2.52. The van der Waals surface area contributed by atoms with Gasteiger partial charge >= 0.3 is 5.97 Å². The average Bonchev–Trinajstić information content (AvgIpc) is 1.94. The summed E-state index contributed by atoms with van der Waals surface area (Å²) in [6.45, 7) is 0. The number of nitrogens with two attached hydrogens (primary N) is 1. The predicted molar refractivity (Wildman–Crippen MR) is 36.3 cm³/mol. The molecule has 0 saturated carbocycles. The van der Waals surface area contributed by atoms with Crippen molar-refractivity contribution in [3.8, 4) is 0 Å². The first-order chi connectivity index (χ1) is 5.13. The van der Waals surface area contributed by atoms with Crippen molar-refractivity contribution in [3.63, 3.8) is 0 Å². The number of carboxylic acids is 1. The summed E-state index contributed by atoms with van der Waals surface area (Å²) >= 11 is 0. The third-order valence-corrected chi connectivity index (χ3v) is 1.78. The van der Waals surface area contributed by atoms with Crippen LogP contribution in [0.2, 0.25) is 0 Å². The second-order valence-corrected chi connectivity index (χ2v) is 2.55. The quantitative estimate of drug-likeness (QED) is 0.391. The van der Waals surface area contributed by atoms with Crippen LogP contribution in [-0.2, 0) is 9.59 Å². The lowest BCUT2D eigenvalue weighted by atomic mass is 10.0. The van der Waals surface area contributed by atoms with E-state index >= 15 is 0 Å². The molecule has 1 aliphatic heterocycles. The first-order valence-electron chi connectivity index (χ1n) is 3.42. The highest BCUT2D eigenvalue weighted by Gasteiger charge is 2.30. The number of piperidine rings is 1. The van der Waals surface area contributed by atoms with Gasteiger partial charge in [-0.1, -0.05) is 0 Å². The van der Waals surface area contributed by atoms with Gasteiger partial charge < -0.3 is 5.11 Å². The summed E-state index contributed by atoms with van der Waals surface area (Å²) in [7, 11) is 0. The van der Waals surface area contributed by atoms with Gasteiger partial charge in [-0.05, 0) is 12.8 Å². The molecule has 0 aliphatic carbocycles. The molecule has 1 unspecified atom stereocenters. The molecule has 1 amide bonds. The van der Waals surface area contributed by atoms with E-state index in [2.05, 4.69) is 0 Å². The van der Waals surface area contributed by atoms with Crippen molar-refractivity contribution in [1.82, 2.24) is 5.01 Å². The Morgan fingerprint density at radius 1 is 1.73 bits per heavy atom. The molecule has 1 aliphatic rings. The minimum atomic E-state index is -1.03. The minimum Gasteiger partial charge on any atom is -0.480 e. The van der Waals surface area contributed by atoms with Crippen LogP contribution in [0.4, 0.5) is 0 Å². The largest absolute Gasteiger partial charge is 0.480 e. The van der Waals surface area contributed by atoms with Crippen LogP contribution in [0.1, 0.15) is 19.3 Å². The van der Waals surface area contributed by atoms with Gasteiger partial charge in [-0.25, -0.2) is 10.6 Å². The molecule has 3 N–H and O–H groups in total. The van der Waals surface area contributed by atoms with Crippen LogP contribution >= 0.6 is 0 Å². The number of hydrazine groups is 1. The third-order valence-electron chi connectivity index (χ3n) is 1.78. The van der Waals surface area contributed by atoms with Crippen molar-refractivity contribution >= 4 is 11.9 Å². The SMILES string of the molecule is NN1C(=O)CCCC1C(=O)O. The molecule has 1 saturated heterocycles. The monoisotopic (exact) mass is 158 g/mol. The summed E-state index contributed by atoms with van der Waals surface area (Å²) < 4.78 is 0. The van der Waals surface area contributed by atoms with Crippen LogP contribution in [0.25, 0.3) is 0 Å². The second-order valence-electron chi connectivity index (χ2n) is 2.55. The Kier molecular flexibility index (Phi) is 2.09. The normalized spacial score (nSPS) is 25.4. The van der Waals surface area contributed by atoms with Crippen LogP contribution in [0, 0.1) is 0 Å². The van der Waals surface area contributed by atoms with Gasteiger partial charge in [0.25, 0.3) is 0 Å². The van der Waals surface area contributed by atoms with Crippen LogP contribution in [0.5, 0.6) is 0 Å². The van der Waals surface area contributed by atoms with E-state index in [1.807, 2.05) is 0 Å². The Hall–Kier alpha value is -1.10. The van der Waals surface area contributed by atoms with Gasteiger partial charge in [0.15, 0.2) is 0 Å². The van der Waals surface area contributed by atoms with Crippen LogP contribution in [0.15, 0.2) is 0 Å². The Labute approximate surface area is 63.7 Å². The highest BCUT2D eigenvalue weighted by molar-refractivity contribution is 5.84. The number of carboxylic acid groups (broad SMARTS) is 1. The summed E-state index contributed by atoms with van der Waals surface area (Å²) in [5.74, 6) is 3.91. The summed E-state index contributed by atoms with van der Waals surface area (Å²) in [4.78, 5) is 21.3. The van der Waals surface area contributed by atoms with Crippen molar-refractivity contribution < 1.29 is 14.7 Å². The molecule has 0 aromatic heterocycles. The van der Waals surface area contributed by atoms with Crippen molar-refractivity contribution in [1.29, 1.82) is 0 Å². The molecule has 0 radical (unpaired) electrons. The van der Waals surface area contributed by atoms with E-state index < -0.39 is 12.0 Å². The van der Waals surface area contributed by atoms with Gasteiger partial charge in [0, 0.05) is 6.42 Å². The Bertz CT molecular complexity index is 192. The number of carbonyl (C=O) groups excluding carboxylic acids is 1. The maximum absolute atomic E-state index is 10.8. The molecule has 5 heteroatoms. The Balaban J connectivity index is 2.65. The number of carbonyl (C=O) groups is 2.